The van der Waals surface area contributed by atoms with Crippen molar-refractivity contribution in [3.05, 3.63) is 12.3 Å². The van der Waals surface area contributed by atoms with E-state index in [4.69, 9.17) is 0 Å². The molecule has 2 heteroatoms. The Hall–Kier alpha value is -0.630. The fraction of sp³-hybridized carbons (Fsp3) is 0.700. The van der Waals surface area contributed by atoms with Crippen molar-refractivity contribution in [2.24, 2.45) is 16.8 Å². The maximum Gasteiger partial charge on any atom is 0.0230 e. The molecule has 66 valence electrons. The highest BCUT2D eigenvalue weighted by molar-refractivity contribution is 5.66. The Labute approximate surface area is 73.8 Å². The number of allylic oxidation sites excluding steroid dienone is 1. The Morgan fingerprint density at radius 3 is 3.17 bits per heavy atom. The van der Waals surface area contributed by atoms with Gasteiger partial charge in [-0.15, -0.1) is 0 Å². The summed E-state index contributed by atoms with van der Waals surface area (Å²) in [5.41, 5.74) is 0. The molecule has 0 spiro atoms. The third-order valence-corrected chi connectivity index (χ3v) is 2.70. The maximum absolute atomic E-state index is 4.10. The number of aliphatic imine (C=N–C) groups is 1. The summed E-state index contributed by atoms with van der Waals surface area (Å²) in [5, 5.41) is 3.44. The lowest BCUT2D eigenvalue weighted by molar-refractivity contribution is 0.348. The summed E-state index contributed by atoms with van der Waals surface area (Å²) in [5.74, 6) is 1.49. The molecule has 2 aliphatic heterocycles. The first kappa shape index (κ1) is 7.99. The molecular weight excluding hydrogens is 148 g/mol. The van der Waals surface area contributed by atoms with Crippen LogP contribution in [0.4, 0.5) is 0 Å². The first-order chi connectivity index (χ1) is 5.95. The minimum atomic E-state index is 0.620. The van der Waals surface area contributed by atoms with Crippen LogP contribution < -0.4 is 5.32 Å². The van der Waals surface area contributed by atoms with Gasteiger partial charge < -0.3 is 5.32 Å². The van der Waals surface area contributed by atoms with Gasteiger partial charge in [0.1, 0.15) is 0 Å². The predicted molar refractivity (Wildman–Crippen MR) is 51.3 cm³/mol. The number of piperidine rings is 1. The van der Waals surface area contributed by atoms with Crippen molar-refractivity contribution in [2.75, 3.05) is 13.1 Å². The molecule has 1 saturated heterocycles. The summed E-state index contributed by atoms with van der Waals surface area (Å²) in [4.78, 5) is 4.10. The van der Waals surface area contributed by atoms with Crippen LogP contribution in [-0.4, -0.2) is 19.3 Å². The van der Waals surface area contributed by atoms with Crippen LogP contribution >= 0.6 is 0 Å². The fourth-order valence-electron chi connectivity index (χ4n) is 2.02. The maximum atomic E-state index is 4.10. The zero-order valence-electron chi connectivity index (χ0n) is 7.37. The summed E-state index contributed by atoms with van der Waals surface area (Å²) in [7, 11) is 0. The topological polar surface area (TPSA) is 24.4 Å². The van der Waals surface area contributed by atoms with Gasteiger partial charge in [0, 0.05) is 18.3 Å². The summed E-state index contributed by atoms with van der Waals surface area (Å²) < 4.78 is 0. The second-order valence-electron chi connectivity index (χ2n) is 3.75. The Morgan fingerprint density at radius 2 is 2.50 bits per heavy atom. The van der Waals surface area contributed by atoms with Gasteiger partial charge in [-0.05, 0) is 38.3 Å². The molecule has 0 aromatic heterocycles. The molecule has 12 heavy (non-hydrogen) atoms. The molecule has 2 nitrogen and oxygen atoms in total. The second-order valence-corrected chi connectivity index (χ2v) is 3.75. The SMILES string of the molecule is C1=CC(C[C@H]2CCCNC2)C=N1. The smallest absolute Gasteiger partial charge is 0.0230 e. The molecule has 0 aliphatic carbocycles. The Balaban J connectivity index is 1.77. The number of nitrogens with one attached hydrogen (secondary N) is 1. The number of rotatable bonds is 2. The summed E-state index contributed by atoms with van der Waals surface area (Å²) in [6.07, 6.45) is 10.2. The Kier molecular flexibility index (Phi) is 2.57. The molecule has 0 radical (unpaired) electrons. The number of hydrogen-bond acceptors (Lipinski definition) is 2. The summed E-state index contributed by atoms with van der Waals surface area (Å²) in [6, 6.07) is 0. The lowest BCUT2D eigenvalue weighted by Crippen LogP contribution is -2.30. The van der Waals surface area contributed by atoms with Gasteiger partial charge in [0.2, 0.25) is 0 Å². The zero-order valence-corrected chi connectivity index (χ0v) is 7.37. The average molecular weight is 164 g/mol. The molecule has 2 heterocycles. The minimum Gasteiger partial charge on any atom is -0.316 e. The Morgan fingerprint density at radius 1 is 1.50 bits per heavy atom. The van der Waals surface area contributed by atoms with Gasteiger partial charge in [-0.2, -0.15) is 0 Å². The summed E-state index contributed by atoms with van der Waals surface area (Å²) >= 11 is 0. The molecule has 0 bridgehead atoms. The van der Waals surface area contributed by atoms with E-state index in [1.807, 2.05) is 6.20 Å². The monoisotopic (exact) mass is 164 g/mol. The second kappa shape index (κ2) is 3.85. The molecule has 0 amide bonds. The van der Waals surface area contributed by atoms with E-state index in [2.05, 4.69) is 22.6 Å². The third-order valence-electron chi connectivity index (χ3n) is 2.70. The first-order valence-corrected chi connectivity index (χ1v) is 4.86. The normalized spacial score (nSPS) is 34.3. The van der Waals surface area contributed by atoms with E-state index in [1.165, 1.54) is 32.4 Å². The van der Waals surface area contributed by atoms with Crippen molar-refractivity contribution in [2.45, 2.75) is 19.3 Å². The number of hydrogen-bond donors (Lipinski definition) is 1. The van der Waals surface area contributed by atoms with E-state index < -0.39 is 0 Å². The van der Waals surface area contributed by atoms with E-state index in [0.717, 1.165) is 5.92 Å². The zero-order chi connectivity index (χ0) is 8.23. The summed E-state index contributed by atoms with van der Waals surface area (Å²) in [6.45, 7) is 2.42. The molecule has 0 aromatic rings. The van der Waals surface area contributed by atoms with Crippen LogP contribution in [0.15, 0.2) is 17.3 Å². The van der Waals surface area contributed by atoms with Gasteiger partial charge in [0.05, 0.1) is 0 Å². The number of nitrogens with zero attached hydrogens (tertiary/aromatic N) is 1. The molecule has 1 fully saturated rings. The predicted octanol–water partition coefficient (Wildman–Crippen LogP) is 1.59. The van der Waals surface area contributed by atoms with Crippen molar-refractivity contribution in [3.63, 3.8) is 0 Å². The van der Waals surface area contributed by atoms with Crippen molar-refractivity contribution >= 4 is 6.21 Å². The molecule has 1 unspecified atom stereocenters. The van der Waals surface area contributed by atoms with Crippen molar-refractivity contribution < 1.29 is 0 Å². The molecule has 2 atom stereocenters. The van der Waals surface area contributed by atoms with Crippen LogP contribution in [0.3, 0.4) is 0 Å². The van der Waals surface area contributed by atoms with Gasteiger partial charge in [0.15, 0.2) is 0 Å². The molecule has 2 aliphatic rings. The van der Waals surface area contributed by atoms with E-state index in [0.29, 0.717) is 5.92 Å². The van der Waals surface area contributed by atoms with Crippen LogP contribution in [-0.2, 0) is 0 Å². The average Bonchev–Trinajstić information content (AvgIpc) is 2.59. The van der Waals surface area contributed by atoms with Crippen molar-refractivity contribution in [3.8, 4) is 0 Å². The third kappa shape index (κ3) is 1.95. The van der Waals surface area contributed by atoms with Crippen molar-refractivity contribution in [1.29, 1.82) is 0 Å². The Bertz CT molecular complexity index is 178. The fourth-order valence-corrected chi connectivity index (χ4v) is 2.02. The van der Waals surface area contributed by atoms with Crippen LogP contribution in [0.25, 0.3) is 0 Å². The van der Waals surface area contributed by atoms with E-state index >= 15 is 0 Å². The lowest BCUT2D eigenvalue weighted by Gasteiger charge is -2.23. The first-order valence-electron chi connectivity index (χ1n) is 4.86. The largest absolute Gasteiger partial charge is 0.316 e. The minimum absolute atomic E-state index is 0.620. The molecule has 0 aromatic carbocycles. The van der Waals surface area contributed by atoms with E-state index in [1.54, 1.807) is 0 Å². The highest BCUT2D eigenvalue weighted by atomic mass is 14.9. The van der Waals surface area contributed by atoms with Gasteiger partial charge in [0.25, 0.3) is 0 Å². The molecule has 1 N–H and O–H groups in total. The van der Waals surface area contributed by atoms with E-state index in [9.17, 15) is 0 Å². The molecule has 0 saturated carbocycles. The van der Waals surface area contributed by atoms with Crippen molar-refractivity contribution in [1.82, 2.24) is 5.32 Å². The van der Waals surface area contributed by atoms with Gasteiger partial charge >= 0.3 is 0 Å². The highest BCUT2D eigenvalue weighted by Gasteiger charge is 2.16. The highest BCUT2D eigenvalue weighted by Crippen LogP contribution is 2.20. The molecular formula is C10H16N2. The van der Waals surface area contributed by atoms with Crippen LogP contribution in [0, 0.1) is 11.8 Å². The van der Waals surface area contributed by atoms with Crippen LogP contribution in [0.1, 0.15) is 19.3 Å². The van der Waals surface area contributed by atoms with Crippen LogP contribution in [0.2, 0.25) is 0 Å². The van der Waals surface area contributed by atoms with Gasteiger partial charge in [-0.1, -0.05) is 6.08 Å². The van der Waals surface area contributed by atoms with Crippen LogP contribution in [0.5, 0.6) is 0 Å². The molecule has 2 rings (SSSR count). The quantitative estimate of drug-likeness (QED) is 0.658. The lowest BCUT2D eigenvalue weighted by atomic mass is 9.90. The van der Waals surface area contributed by atoms with Gasteiger partial charge in [-0.25, -0.2) is 0 Å². The standard InChI is InChI=1S/C10H16N2/c1-2-9(7-11-4-1)6-10-3-5-12-8-10/h3,5,8-11H,1-2,4,6-7H2/t9-,10?/m1/s1. The van der Waals surface area contributed by atoms with Gasteiger partial charge in [-0.3, -0.25) is 4.99 Å². The van der Waals surface area contributed by atoms with E-state index in [-0.39, 0.29) is 0 Å².